The minimum atomic E-state index is -0.776. The fraction of sp³-hybridized carbons (Fsp3) is 0.278. The summed E-state index contributed by atoms with van der Waals surface area (Å²) in [6.07, 6.45) is 0. The van der Waals surface area contributed by atoms with Crippen LogP contribution in [0.25, 0.3) is 0 Å². The minimum Gasteiger partial charge on any atom is -0.481 e. The summed E-state index contributed by atoms with van der Waals surface area (Å²) in [7, 11) is 0. The van der Waals surface area contributed by atoms with Gasteiger partial charge in [-0.3, -0.25) is 4.79 Å². The highest BCUT2D eigenvalue weighted by atomic mass is 16.4. The Labute approximate surface area is 125 Å². The first-order valence-corrected chi connectivity index (χ1v) is 7.19. The summed E-state index contributed by atoms with van der Waals surface area (Å²) in [6, 6.07) is 19.2. The Morgan fingerprint density at radius 2 is 1.48 bits per heavy atom. The number of aliphatic carboxylic acids is 1. The molecule has 2 N–H and O–H groups in total. The molecule has 0 aliphatic carbocycles. The number of nitrogens with one attached hydrogen (secondary N) is 1. The summed E-state index contributed by atoms with van der Waals surface area (Å²) < 4.78 is 0. The zero-order valence-electron chi connectivity index (χ0n) is 12.4. The van der Waals surface area contributed by atoms with Gasteiger partial charge in [-0.15, -0.1) is 0 Å². The topological polar surface area (TPSA) is 49.3 Å². The second-order valence-corrected chi connectivity index (χ2v) is 5.51. The molecule has 2 aromatic rings. The van der Waals surface area contributed by atoms with Crippen molar-refractivity contribution in [2.24, 2.45) is 11.8 Å². The molecule has 2 atom stereocenters. The van der Waals surface area contributed by atoms with Crippen molar-refractivity contribution >= 4 is 11.7 Å². The van der Waals surface area contributed by atoms with Crippen molar-refractivity contribution in [1.29, 1.82) is 0 Å². The normalized spacial score (nSPS) is 13.7. The summed E-state index contributed by atoms with van der Waals surface area (Å²) in [6.45, 7) is 3.89. The summed E-state index contributed by atoms with van der Waals surface area (Å²) in [5.74, 6) is -1.24. The van der Waals surface area contributed by atoms with Gasteiger partial charge in [0.1, 0.15) is 0 Å². The molecule has 0 heterocycles. The highest BCUT2D eigenvalue weighted by Gasteiger charge is 2.32. The quantitative estimate of drug-likeness (QED) is 0.835. The van der Waals surface area contributed by atoms with Crippen LogP contribution in [0.5, 0.6) is 0 Å². The first-order chi connectivity index (χ1) is 10.1. The molecule has 0 radical (unpaired) electrons. The molecule has 0 spiro atoms. The number of rotatable bonds is 6. The van der Waals surface area contributed by atoms with E-state index in [2.05, 4.69) is 5.32 Å². The van der Waals surface area contributed by atoms with E-state index in [-0.39, 0.29) is 12.0 Å². The van der Waals surface area contributed by atoms with Crippen LogP contribution >= 0.6 is 0 Å². The van der Waals surface area contributed by atoms with Crippen molar-refractivity contribution < 1.29 is 9.90 Å². The zero-order chi connectivity index (χ0) is 15.2. The van der Waals surface area contributed by atoms with E-state index in [1.807, 2.05) is 74.5 Å². The first kappa shape index (κ1) is 15.1. The Bertz CT molecular complexity index is 566. The molecule has 3 nitrogen and oxygen atoms in total. The van der Waals surface area contributed by atoms with Gasteiger partial charge >= 0.3 is 5.97 Å². The molecule has 0 aromatic heterocycles. The Morgan fingerprint density at radius 1 is 0.952 bits per heavy atom. The van der Waals surface area contributed by atoms with Crippen molar-refractivity contribution in [3.05, 3.63) is 66.2 Å². The van der Waals surface area contributed by atoms with Gasteiger partial charge in [0.05, 0.1) is 12.0 Å². The molecule has 110 valence electrons. The van der Waals surface area contributed by atoms with Gasteiger partial charge in [-0.25, -0.2) is 0 Å². The standard InChI is InChI=1S/C18H21NO2/c1-13(2)16(18(20)21)17(14-9-5-3-6-10-14)19-15-11-7-4-8-12-15/h3-13,16-17,19H,1-2H3,(H,20,21). The molecule has 2 rings (SSSR count). The van der Waals surface area contributed by atoms with Crippen LogP contribution < -0.4 is 5.32 Å². The minimum absolute atomic E-state index is 0.0314. The number of para-hydroxylation sites is 1. The number of anilines is 1. The van der Waals surface area contributed by atoms with Crippen LogP contribution in [0.15, 0.2) is 60.7 Å². The summed E-state index contributed by atoms with van der Waals surface area (Å²) in [4.78, 5) is 11.7. The monoisotopic (exact) mass is 283 g/mol. The van der Waals surface area contributed by atoms with Crippen molar-refractivity contribution in [1.82, 2.24) is 0 Å². The molecule has 21 heavy (non-hydrogen) atoms. The van der Waals surface area contributed by atoms with Crippen molar-refractivity contribution in [3.8, 4) is 0 Å². The van der Waals surface area contributed by atoms with Crippen LogP contribution in [-0.2, 0) is 4.79 Å². The fourth-order valence-electron chi connectivity index (χ4n) is 2.57. The molecule has 0 saturated heterocycles. The lowest BCUT2D eigenvalue weighted by molar-refractivity contribution is -0.143. The van der Waals surface area contributed by atoms with Gasteiger partial charge in [-0.05, 0) is 23.6 Å². The fourth-order valence-corrected chi connectivity index (χ4v) is 2.57. The SMILES string of the molecule is CC(C)C(C(=O)O)C(Nc1ccccc1)c1ccccc1. The molecule has 0 aliphatic heterocycles. The van der Waals surface area contributed by atoms with Gasteiger partial charge in [-0.1, -0.05) is 62.4 Å². The number of carbonyl (C=O) groups is 1. The maximum atomic E-state index is 11.7. The van der Waals surface area contributed by atoms with Gasteiger partial charge in [-0.2, -0.15) is 0 Å². The summed E-state index contributed by atoms with van der Waals surface area (Å²) in [5, 5.41) is 13.0. The van der Waals surface area contributed by atoms with E-state index >= 15 is 0 Å². The smallest absolute Gasteiger partial charge is 0.309 e. The average Bonchev–Trinajstić information content (AvgIpc) is 2.48. The molecule has 0 aliphatic rings. The highest BCUT2D eigenvalue weighted by molar-refractivity contribution is 5.72. The predicted octanol–water partition coefficient (Wildman–Crippen LogP) is 4.20. The van der Waals surface area contributed by atoms with Crippen LogP contribution in [0.2, 0.25) is 0 Å². The lowest BCUT2D eigenvalue weighted by Crippen LogP contribution is -2.31. The molecule has 3 heteroatoms. The molecule has 2 aromatic carbocycles. The van der Waals surface area contributed by atoms with Crippen molar-refractivity contribution in [3.63, 3.8) is 0 Å². The number of carboxylic acids is 1. The van der Waals surface area contributed by atoms with E-state index in [1.165, 1.54) is 0 Å². The lowest BCUT2D eigenvalue weighted by atomic mass is 9.84. The number of benzene rings is 2. The summed E-state index contributed by atoms with van der Waals surface area (Å²) in [5.41, 5.74) is 1.92. The van der Waals surface area contributed by atoms with Crippen molar-refractivity contribution in [2.45, 2.75) is 19.9 Å². The third kappa shape index (κ3) is 3.85. The molecular formula is C18H21NO2. The van der Waals surface area contributed by atoms with Crippen LogP contribution in [0, 0.1) is 11.8 Å². The number of hydrogen-bond donors (Lipinski definition) is 2. The van der Waals surface area contributed by atoms with Gasteiger partial charge in [0.25, 0.3) is 0 Å². The maximum absolute atomic E-state index is 11.7. The average molecular weight is 283 g/mol. The Morgan fingerprint density at radius 3 is 1.95 bits per heavy atom. The van der Waals surface area contributed by atoms with Crippen LogP contribution in [0.4, 0.5) is 5.69 Å². The largest absolute Gasteiger partial charge is 0.481 e. The lowest BCUT2D eigenvalue weighted by Gasteiger charge is -2.29. The predicted molar refractivity (Wildman–Crippen MR) is 85.2 cm³/mol. The zero-order valence-corrected chi connectivity index (χ0v) is 12.4. The van der Waals surface area contributed by atoms with E-state index < -0.39 is 11.9 Å². The van der Waals surface area contributed by atoms with Crippen LogP contribution in [0.3, 0.4) is 0 Å². The van der Waals surface area contributed by atoms with Gasteiger partial charge < -0.3 is 10.4 Å². The van der Waals surface area contributed by atoms with E-state index in [0.717, 1.165) is 11.3 Å². The third-order valence-electron chi connectivity index (χ3n) is 3.62. The summed E-state index contributed by atoms with van der Waals surface area (Å²) >= 11 is 0. The van der Waals surface area contributed by atoms with Gasteiger partial charge in [0.2, 0.25) is 0 Å². The van der Waals surface area contributed by atoms with E-state index in [0.29, 0.717) is 0 Å². The first-order valence-electron chi connectivity index (χ1n) is 7.19. The molecule has 0 saturated carbocycles. The molecular weight excluding hydrogens is 262 g/mol. The molecule has 0 fully saturated rings. The maximum Gasteiger partial charge on any atom is 0.309 e. The molecule has 0 amide bonds. The van der Waals surface area contributed by atoms with Crippen LogP contribution in [-0.4, -0.2) is 11.1 Å². The second-order valence-electron chi connectivity index (χ2n) is 5.51. The molecule has 2 unspecified atom stereocenters. The molecule has 0 bridgehead atoms. The number of hydrogen-bond acceptors (Lipinski definition) is 2. The van der Waals surface area contributed by atoms with Gasteiger partial charge in [0, 0.05) is 5.69 Å². The highest BCUT2D eigenvalue weighted by Crippen LogP contribution is 2.31. The Hall–Kier alpha value is -2.29. The Balaban J connectivity index is 2.37. The second kappa shape index (κ2) is 6.93. The van der Waals surface area contributed by atoms with Crippen LogP contribution in [0.1, 0.15) is 25.5 Å². The van der Waals surface area contributed by atoms with Gasteiger partial charge in [0.15, 0.2) is 0 Å². The van der Waals surface area contributed by atoms with E-state index in [9.17, 15) is 9.90 Å². The van der Waals surface area contributed by atoms with E-state index in [4.69, 9.17) is 0 Å². The number of carboxylic acid groups (broad SMARTS) is 1. The van der Waals surface area contributed by atoms with E-state index in [1.54, 1.807) is 0 Å². The van der Waals surface area contributed by atoms with Crippen molar-refractivity contribution in [2.75, 3.05) is 5.32 Å². The Kier molecular flexibility index (Phi) is 4.99. The third-order valence-corrected chi connectivity index (χ3v) is 3.62.